The van der Waals surface area contributed by atoms with Gasteiger partial charge in [0.1, 0.15) is 0 Å². The van der Waals surface area contributed by atoms with Crippen LogP contribution in [0.3, 0.4) is 0 Å². The van der Waals surface area contributed by atoms with Gasteiger partial charge in [0.05, 0.1) is 18.8 Å². The van der Waals surface area contributed by atoms with Gasteiger partial charge in [0.2, 0.25) is 17.7 Å². The molecule has 1 fully saturated rings. The Balaban J connectivity index is 1.59. The molecule has 0 aromatic heterocycles. The highest BCUT2D eigenvalue weighted by molar-refractivity contribution is 5.97. The number of hydrogen-bond donors (Lipinski definition) is 2. The summed E-state index contributed by atoms with van der Waals surface area (Å²) in [5.41, 5.74) is 0.740. The molecule has 10 heteroatoms. The van der Waals surface area contributed by atoms with Gasteiger partial charge in [-0.05, 0) is 49.7 Å². The Morgan fingerprint density at radius 1 is 1.03 bits per heavy atom. The van der Waals surface area contributed by atoms with Crippen molar-refractivity contribution >= 4 is 34.8 Å². The number of anilines is 3. The Labute approximate surface area is 189 Å². The van der Waals surface area contributed by atoms with Crippen LogP contribution in [0.4, 0.5) is 30.2 Å². The van der Waals surface area contributed by atoms with Crippen LogP contribution < -0.4 is 15.5 Å². The number of benzene rings is 2. The summed E-state index contributed by atoms with van der Waals surface area (Å²) in [7, 11) is 0. The van der Waals surface area contributed by atoms with Crippen LogP contribution in [0.1, 0.15) is 26.2 Å². The molecule has 2 aromatic rings. The summed E-state index contributed by atoms with van der Waals surface area (Å²) in [6.07, 6.45) is 1.93. The lowest BCUT2D eigenvalue weighted by Gasteiger charge is -2.21. The van der Waals surface area contributed by atoms with E-state index in [0.717, 1.165) is 18.6 Å². The number of hydrogen-bond acceptors (Lipinski definition) is 4. The standard InChI is InChI=1S/C23H25F3N4O3/c1-2-10-29(14-20(32)28-18-9-8-17(24)22(25)23(18)26)13-19(31)27-15-5-3-6-16(12-15)30-11-4-7-21(30)33/h3,5-6,8-9,12H,2,4,7,10-11,13-14H2,1H3,(H,27,31)(H,28,32). The summed E-state index contributed by atoms with van der Waals surface area (Å²) in [4.78, 5) is 40.0. The van der Waals surface area contributed by atoms with Crippen molar-refractivity contribution in [1.82, 2.24) is 4.90 Å². The second-order valence-corrected chi connectivity index (χ2v) is 7.73. The monoisotopic (exact) mass is 462 g/mol. The van der Waals surface area contributed by atoms with Crippen LogP contribution in [0.15, 0.2) is 36.4 Å². The van der Waals surface area contributed by atoms with E-state index < -0.39 is 29.0 Å². The molecule has 0 unspecified atom stereocenters. The van der Waals surface area contributed by atoms with Crippen molar-refractivity contribution in [2.24, 2.45) is 0 Å². The minimum atomic E-state index is -1.67. The Bertz CT molecular complexity index is 1050. The zero-order valence-corrected chi connectivity index (χ0v) is 18.2. The van der Waals surface area contributed by atoms with Crippen LogP contribution in [0.25, 0.3) is 0 Å². The van der Waals surface area contributed by atoms with Gasteiger partial charge in [-0.3, -0.25) is 19.3 Å². The molecule has 0 bridgehead atoms. The molecule has 3 rings (SSSR count). The van der Waals surface area contributed by atoms with Crippen LogP contribution in [0, 0.1) is 17.5 Å². The summed E-state index contributed by atoms with van der Waals surface area (Å²) >= 11 is 0. The van der Waals surface area contributed by atoms with Crippen molar-refractivity contribution in [1.29, 1.82) is 0 Å². The van der Waals surface area contributed by atoms with Gasteiger partial charge < -0.3 is 15.5 Å². The van der Waals surface area contributed by atoms with Gasteiger partial charge in [-0.1, -0.05) is 13.0 Å². The molecule has 2 aromatic carbocycles. The van der Waals surface area contributed by atoms with Crippen molar-refractivity contribution in [3.63, 3.8) is 0 Å². The van der Waals surface area contributed by atoms with E-state index >= 15 is 0 Å². The molecule has 1 aliphatic rings. The smallest absolute Gasteiger partial charge is 0.238 e. The zero-order valence-electron chi connectivity index (χ0n) is 18.2. The molecule has 3 amide bonds. The lowest BCUT2D eigenvalue weighted by molar-refractivity contribution is -0.120. The Morgan fingerprint density at radius 2 is 1.76 bits per heavy atom. The Hall–Kier alpha value is -3.40. The summed E-state index contributed by atoms with van der Waals surface area (Å²) in [5, 5.41) is 4.96. The van der Waals surface area contributed by atoms with E-state index in [4.69, 9.17) is 0 Å². The summed E-state index contributed by atoms with van der Waals surface area (Å²) < 4.78 is 40.2. The molecular weight excluding hydrogens is 437 g/mol. The molecule has 0 saturated carbocycles. The van der Waals surface area contributed by atoms with Crippen LogP contribution in [-0.2, 0) is 14.4 Å². The van der Waals surface area contributed by atoms with Crippen LogP contribution in [0.5, 0.6) is 0 Å². The molecule has 2 N–H and O–H groups in total. The first-order chi connectivity index (χ1) is 15.8. The third-order valence-electron chi connectivity index (χ3n) is 5.10. The zero-order chi connectivity index (χ0) is 24.0. The van der Waals surface area contributed by atoms with E-state index in [0.29, 0.717) is 37.3 Å². The van der Waals surface area contributed by atoms with E-state index in [1.807, 2.05) is 6.92 Å². The summed E-state index contributed by atoms with van der Waals surface area (Å²) in [5.74, 6) is -5.52. The number of halogens is 3. The van der Waals surface area contributed by atoms with Gasteiger partial charge >= 0.3 is 0 Å². The number of nitrogens with one attached hydrogen (secondary N) is 2. The fourth-order valence-corrected chi connectivity index (χ4v) is 3.62. The molecule has 1 aliphatic heterocycles. The highest BCUT2D eigenvalue weighted by Gasteiger charge is 2.22. The fraction of sp³-hybridized carbons (Fsp3) is 0.348. The molecule has 1 heterocycles. The van der Waals surface area contributed by atoms with Gasteiger partial charge in [0.25, 0.3) is 0 Å². The van der Waals surface area contributed by atoms with Gasteiger partial charge in [0.15, 0.2) is 17.5 Å². The molecule has 0 atom stereocenters. The minimum Gasteiger partial charge on any atom is -0.325 e. The molecule has 0 radical (unpaired) electrons. The third kappa shape index (κ3) is 6.32. The topological polar surface area (TPSA) is 81.8 Å². The van der Waals surface area contributed by atoms with Crippen molar-refractivity contribution in [2.75, 3.05) is 41.7 Å². The van der Waals surface area contributed by atoms with E-state index in [-0.39, 0.29) is 24.9 Å². The average molecular weight is 462 g/mol. The second kappa shape index (κ2) is 11.0. The molecule has 176 valence electrons. The maximum atomic E-state index is 13.8. The second-order valence-electron chi connectivity index (χ2n) is 7.73. The normalized spacial score (nSPS) is 13.5. The molecule has 7 nitrogen and oxygen atoms in total. The van der Waals surface area contributed by atoms with E-state index in [2.05, 4.69) is 10.6 Å². The van der Waals surface area contributed by atoms with Gasteiger partial charge in [-0.2, -0.15) is 0 Å². The molecule has 1 saturated heterocycles. The predicted octanol–water partition coefficient (Wildman–Crippen LogP) is 3.52. The van der Waals surface area contributed by atoms with Crippen LogP contribution in [0.2, 0.25) is 0 Å². The van der Waals surface area contributed by atoms with Crippen LogP contribution in [-0.4, -0.2) is 48.8 Å². The first kappa shape index (κ1) is 24.2. The average Bonchev–Trinajstić information content (AvgIpc) is 3.20. The van der Waals surface area contributed by atoms with Gasteiger partial charge in [-0.15, -0.1) is 0 Å². The first-order valence-electron chi connectivity index (χ1n) is 10.6. The SMILES string of the molecule is CCCN(CC(=O)Nc1cccc(N2CCCC2=O)c1)CC(=O)Nc1ccc(F)c(F)c1F. The lowest BCUT2D eigenvalue weighted by Crippen LogP contribution is -2.39. The Kier molecular flexibility index (Phi) is 8.05. The van der Waals surface area contributed by atoms with Crippen molar-refractivity contribution in [3.8, 4) is 0 Å². The molecule has 33 heavy (non-hydrogen) atoms. The maximum absolute atomic E-state index is 13.8. The van der Waals surface area contributed by atoms with Crippen LogP contribution >= 0.6 is 0 Å². The van der Waals surface area contributed by atoms with E-state index in [1.54, 1.807) is 34.1 Å². The molecule has 0 spiro atoms. The predicted molar refractivity (Wildman–Crippen MR) is 118 cm³/mol. The molecular formula is C23H25F3N4O3. The lowest BCUT2D eigenvalue weighted by atomic mass is 10.2. The first-order valence-corrected chi connectivity index (χ1v) is 10.6. The number of nitrogens with zero attached hydrogens (tertiary/aromatic N) is 2. The number of carbonyl (C=O) groups excluding carboxylic acids is 3. The van der Waals surface area contributed by atoms with E-state index in [1.165, 1.54) is 0 Å². The Morgan fingerprint density at radius 3 is 2.42 bits per heavy atom. The molecule has 0 aliphatic carbocycles. The largest absolute Gasteiger partial charge is 0.325 e. The van der Waals surface area contributed by atoms with Crippen molar-refractivity contribution in [3.05, 3.63) is 53.8 Å². The number of carbonyl (C=O) groups is 3. The minimum absolute atomic E-state index is 0.0380. The maximum Gasteiger partial charge on any atom is 0.238 e. The third-order valence-corrected chi connectivity index (χ3v) is 5.10. The van der Waals surface area contributed by atoms with Crippen molar-refractivity contribution < 1.29 is 27.6 Å². The van der Waals surface area contributed by atoms with E-state index in [9.17, 15) is 27.6 Å². The summed E-state index contributed by atoms with van der Waals surface area (Å²) in [6, 6.07) is 8.60. The quantitative estimate of drug-likeness (QED) is 0.559. The fourth-order valence-electron chi connectivity index (χ4n) is 3.62. The van der Waals surface area contributed by atoms with Gasteiger partial charge in [-0.25, -0.2) is 13.2 Å². The highest BCUT2D eigenvalue weighted by atomic mass is 19.2. The number of amides is 3. The van der Waals surface area contributed by atoms with Crippen molar-refractivity contribution in [2.45, 2.75) is 26.2 Å². The highest BCUT2D eigenvalue weighted by Crippen LogP contribution is 2.24. The number of rotatable bonds is 9. The van der Waals surface area contributed by atoms with Gasteiger partial charge in [0, 0.05) is 24.3 Å². The summed E-state index contributed by atoms with van der Waals surface area (Å²) in [6.45, 7) is 2.54.